The number of amides is 1. The zero-order chi connectivity index (χ0) is 12.2. The van der Waals surface area contributed by atoms with Crippen LogP contribution in [0.25, 0.3) is 0 Å². The summed E-state index contributed by atoms with van der Waals surface area (Å²) in [6, 6.07) is -0.0647. The largest absolute Gasteiger partial charge is 0.358 e. The van der Waals surface area contributed by atoms with Crippen LogP contribution < -0.4 is 10.6 Å². The smallest absolute Gasteiger partial charge is 0.236 e. The highest BCUT2D eigenvalue weighted by Gasteiger charge is 2.08. The highest BCUT2D eigenvalue weighted by Crippen LogP contribution is 2.06. The van der Waals surface area contributed by atoms with Gasteiger partial charge in [-0.15, -0.1) is 0 Å². The Hall–Kier alpha value is -0.570. The zero-order valence-corrected chi connectivity index (χ0v) is 11.1. The molecule has 0 aromatic rings. The molecule has 0 rings (SSSR count). The lowest BCUT2D eigenvalue weighted by Gasteiger charge is -2.11. The zero-order valence-electron chi connectivity index (χ0n) is 11.1. The van der Waals surface area contributed by atoms with Crippen molar-refractivity contribution in [1.82, 2.24) is 10.6 Å². The molecule has 0 spiro atoms. The predicted octanol–water partition coefficient (Wildman–Crippen LogP) is 2.46. The van der Waals surface area contributed by atoms with Crippen LogP contribution in [0.2, 0.25) is 0 Å². The van der Waals surface area contributed by atoms with Crippen LogP contribution in [0.5, 0.6) is 0 Å². The first-order valence-corrected chi connectivity index (χ1v) is 6.67. The third-order valence-electron chi connectivity index (χ3n) is 2.87. The molecule has 0 bridgehead atoms. The number of carbonyl (C=O) groups is 1. The number of hydrogen-bond donors (Lipinski definition) is 2. The molecule has 1 atom stereocenters. The first kappa shape index (κ1) is 15.4. The second kappa shape index (κ2) is 10.9. The second-order valence-corrected chi connectivity index (χ2v) is 4.41. The summed E-state index contributed by atoms with van der Waals surface area (Å²) >= 11 is 0. The van der Waals surface area contributed by atoms with Gasteiger partial charge in [-0.25, -0.2) is 0 Å². The molecule has 16 heavy (non-hydrogen) atoms. The molecule has 3 heteroatoms. The maximum atomic E-state index is 11.2. The number of likely N-dealkylation sites (N-methyl/N-ethyl adjacent to an activating group) is 1. The van der Waals surface area contributed by atoms with E-state index >= 15 is 0 Å². The quantitative estimate of drug-likeness (QED) is 0.564. The second-order valence-electron chi connectivity index (χ2n) is 4.41. The lowest BCUT2D eigenvalue weighted by molar-refractivity contribution is -0.122. The Balaban J connectivity index is 3.17. The van der Waals surface area contributed by atoms with Crippen LogP contribution >= 0.6 is 0 Å². The highest BCUT2D eigenvalue weighted by molar-refractivity contribution is 5.80. The molecule has 0 heterocycles. The van der Waals surface area contributed by atoms with E-state index in [1.165, 1.54) is 44.9 Å². The van der Waals surface area contributed by atoms with E-state index < -0.39 is 0 Å². The maximum Gasteiger partial charge on any atom is 0.236 e. The number of hydrogen-bond acceptors (Lipinski definition) is 2. The van der Waals surface area contributed by atoms with Crippen LogP contribution in [0.15, 0.2) is 0 Å². The Morgan fingerprint density at radius 2 is 1.62 bits per heavy atom. The Bertz CT molecular complexity index is 171. The molecule has 0 saturated heterocycles. The van der Waals surface area contributed by atoms with Crippen molar-refractivity contribution in [1.29, 1.82) is 0 Å². The summed E-state index contributed by atoms with van der Waals surface area (Å²) in [7, 11) is 1.67. The average molecular weight is 228 g/mol. The van der Waals surface area contributed by atoms with Gasteiger partial charge in [0.15, 0.2) is 0 Å². The van der Waals surface area contributed by atoms with Crippen molar-refractivity contribution in [3.05, 3.63) is 0 Å². The van der Waals surface area contributed by atoms with Crippen molar-refractivity contribution >= 4 is 5.91 Å². The fourth-order valence-electron chi connectivity index (χ4n) is 1.71. The molecule has 0 fully saturated rings. The van der Waals surface area contributed by atoms with E-state index in [1.807, 2.05) is 6.92 Å². The molecule has 0 aromatic heterocycles. The molecule has 1 amide bonds. The van der Waals surface area contributed by atoms with Gasteiger partial charge in [0.1, 0.15) is 0 Å². The van der Waals surface area contributed by atoms with Gasteiger partial charge in [0.05, 0.1) is 6.04 Å². The molecule has 0 aliphatic rings. The summed E-state index contributed by atoms with van der Waals surface area (Å²) in [5, 5.41) is 5.86. The standard InChI is InChI=1S/C13H28N2O/c1-4-5-6-7-8-9-10-11-15-12(2)13(16)14-3/h12,15H,4-11H2,1-3H3,(H,14,16). The van der Waals surface area contributed by atoms with Gasteiger partial charge >= 0.3 is 0 Å². The number of nitrogens with one attached hydrogen (secondary N) is 2. The van der Waals surface area contributed by atoms with E-state index in [0.717, 1.165) is 6.54 Å². The molecule has 0 aliphatic carbocycles. The van der Waals surface area contributed by atoms with Gasteiger partial charge in [-0.1, -0.05) is 45.4 Å². The molecule has 0 radical (unpaired) electrons. The van der Waals surface area contributed by atoms with Crippen molar-refractivity contribution in [2.24, 2.45) is 0 Å². The summed E-state index contributed by atoms with van der Waals surface area (Å²) in [6.07, 6.45) is 9.19. The Morgan fingerprint density at radius 1 is 1.06 bits per heavy atom. The topological polar surface area (TPSA) is 41.1 Å². The van der Waals surface area contributed by atoms with E-state index in [9.17, 15) is 4.79 Å². The van der Waals surface area contributed by atoms with Gasteiger partial charge in [0, 0.05) is 7.05 Å². The van der Waals surface area contributed by atoms with Gasteiger partial charge in [-0.05, 0) is 19.9 Å². The van der Waals surface area contributed by atoms with Crippen molar-refractivity contribution < 1.29 is 4.79 Å². The minimum absolute atomic E-state index is 0.0647. The molecule has 3 nitrogen and oxygen atoms in total. The summed E-state index contributed by atoms with van der Waals surface area (Å²) in [4.78, 5) is 11.2. The van der Waals surface area contributed by atoms with Crippen LogP contribution in [0.1, 0.15) is 58.8 Å². The van der Waals surface area contributed by atoms with Gasteiger partial charge in [-0.3, -0.25) is 4.79 Å². The first-order valence-electron chi connectivity index (χ1n) is 6.67. The van der Waals surface area contributed by atoms with Crippen LogP contribution in [0.3, 0.4) is 0 Å². The maximum absolute atomic E-state index is 11.2. The Kier molecular flexibility index (Phi) is 10.5. The predicted molar refractivity (Wildman–Crippen MR) is 69.5 cm³/mol. The fraction of sp³-hybridized carbons (Fsp3) is 0.923. The number of carbonyl (C=O) groups excluding carboxylic acids is 1. The Labute approximate surface area is 100 Å². The molecule has 0 aliphatic heterocycles. The number of rotatable bonds is 10. The molecule has 96 valence electrons. The third-order valence-corrected chi connectivity index (χ3v) is 2.87. The van der Waals surface area contributed by atoms with E-state index in [-0.39, 0.29) is 11.9 Å². The average Bonchev–Trinajstić information content (AvgIpc) is 2.31. The van der Waals surface area contributed by atoms with E-state index in [4.69, 9.17) is 0 Å². The Morgan fingerprint density at radius 3 is 2.19 bits per heavy atom. The molecule has 0 saturated carbocycles. The first-order chi connectivity index (χ1) is 7.72. The molecule has 1 unspecified atom stereocenters. The summed E-state index contributed by atoms with van der Waals surface area (Å²) < 4.78 is 0. The monoisotopic (exact) mass is 228 g/mol. The van der Waals surface area contributed by atoms with E-state index in [2.05, 4.69) is 17.6 Å². The normalized spacial score (nSPS) is 12.4. The van der Waals surface area contributed by atoms with Gasteiger partial charge in [-0.2, -0.15) is 0 Å². The molecular formula is C13H28N2O. The van der Waals surface area contributed by atoms with Gasteiger partial charge < -0.3 is 10.6 Å². The van der Waals surface area contributed by atoms with Crippen LogP contribution in [0, 0.1) is 0 Å². The van der Waals surface area contributed by atoms with Crippen LogP contribution in [-0.2, 0) is 4.79 Å². The lowest BCUT2D eigenvalue weighted by atomic mass is 10.1. The minimum atomic E-state index is -0.0647. The van der Waals surface area contributed by atoms with Crippen LogP contribution in [0.4, 0.5) is 0 Å². The van der Waals surface area contributed by atoms with Crippen molar-refractivity contribution in [3.8, 4) is 0 Å². The molecule has 2 N–H and O–H groups in total. The van der Waals surface area contributed by atoms with Crippen molar-refractivity contribution in [2.45, 2.75) is 64.8 Å². The highest BCUT2D eigenvalue weighted by atomic mass is 16.2. The summed E-state index contributed by atoms with van der Waals surface area (Å²) in [5.74, 6) is 0.0722. The van der Waals surface area contributed by atoms with Gasteiger partial charge in [0.2, 0.25) is 5.91 Å². The lowest BCUT2D eigenvalue weighted by Crippen LogP contribution is -2.40. The van der Waals surface area contributed by atoms with E-state index in [0.29, 0.717) is 0 Å². The van der Waals surface area contributed by atoms with Gasteiger partial charge in [0.25, 0.3) is 0 Å². The molecule has 0 aromatic carbocycles. The SMILES string of the molecule is CCCCCCCCCNC(C)C(=O)NC. The summed E-state index contributed by atoms with van der Waals surface area (Å²) in [5.41, 5.74) is 0. The van der Waals surface area contributed by atoms with Crippen molar-refractivity contribution in [3.63, 3.8) is 0 Å². The van der Waals surface area contributed by atoms with E-state index in [1.54, 1.807) is 7.05 Å². The number of unbranched alkanes of at least 4 members (excludes halogenated alkanes) is 6. The third kappa shape index (κ3) is 8.72. The fourth-order valence-corrected chi connectivity index (χ4v) is 1.71. The summed E-state index contributed by atoms with van der Waals surface area (Å²) in [6.45, 7) is 5.09. The molecular weight excluding hydrogens is 200 g/mol. The minimum Gasteiger partial charge on any atom is -0.358 e. The van der Waals surface area contributed by atoms with Crippen molar-refractivity contribution in [2.75, 3.05) is 13.6 Å². The van der Waals surface area contributed by atoms with Crippen LogP contribution in [-0.4, -0.2) is 25.5 Å².